The maximum atomic E-state index is 13.5. The van der Waals surface area contributed by atoms with Crippen LogP contribution < -0.4 is 9.64 Å². The van der Waals surface area contributed by atoms with Crippen LogP contribution >= 0.6 is 0 Å². The van der Waals surface area contributed by atoms with E-state index in [0.29, 0.717) is 23.3 Å². The summed E-state index contributed by atoms with van der Waals surface area (Å²) < 4.78 is 45.7. The Bertz CT molecular complexity index is 1710. The van der Waals surface area contributed by atoms with Crippen LogP contribution in [0.4, 0.5) is 18.9 Å². The van der Waals surface area contributed by atoms with E-state index in [1.54, 1.807) is 11.9 Å². The molecular formula is C37H38F3N3O3. The number of nitrogens with zero attached hydrogens (tertiary/aromatic N) is 3. The Morgan fingerprint density at radius 1 is 1.09 bits per heavy atom. The third kappa shape index (κ3) is 4.89. The van der Waals surface area contributed by atoms with Gasteiger partial charge >= 0.3 is 6.18 Å². The molecule has 1 saturated heterocycles. The summed E-state index contributed by atoms with van der Waals surface area (Å²) in [5.41, 5.74) is 3.90. The van der Waals surface area contributed by atoms with Crippen LogP contribution in [0.1, 0.15) is 47.1 Å². The molecule has 7 rings (SSSR count). The van der Waals surface area contributed by atoms with Gasteiger partial charge in [0, 0.05) is 67.9 Å². The topological polar surface area (TPSA) is 56.3 Å². The highest BCUT2D eigenvalue weighted by Crippen LogP contribution is 2.65. The number of carbonyl (C=O) groups is 1. The third-order valence-corrected chi connectivity index (χ3v) is 10.9. The Hall–Kier alpha value is -4.16. The van der Waals surface area contributed by atoms with E-state index in [0.717, 1.165) is 68.6 Å². The average molecular weight is 630 g/mol. The summed E-state index contributed by atoms with van der Waals surface area (Å²) in [6.45, 7) is 1.86. The van der Waals surface area contributed by atoms with Crippen LogP contribution in [-0.2, 0) is 29.2 Å². The highest BCUT2D eigenvalue weighted by Gasteiger charge is 2.66. The number of piperidine rings is 1. The molecule has 46 heavy (non-hydrogen) atoms. The molecule has 0 aromatic heterocycles. The molecule has 3 aromatic rings. The lowest BCUT2D eigenvalue weighted by Crippen LogP contribution is -2.69. The van der Waals surface area contributed by atoms with Gasteiger partial charge in [-0.25, -0.2) is 0 Å². The van der Waals surface area contributed by atoms with Gasteiger partial charge in [0.25, 0.3) is 5.91 Å². The van der Waals surface area contributed by atoms with Crippen molar-refractivity contribution in [3.05, 3.63) is 88.5 Å². The molecule has 4 aliphatic rings. The van der Waals surface area contributed by atoms with Crippen LogP contribution in [0, 0.1) is 17.8 Å². The molecule has 9 heteroatoms. The van der Waals surface area contributed by atoms with Gasteiger partial charge in [-0.2, -0.15) is 13.2 Å². The molecule has 2 aliphatic carbocycles. The molecular weight excluding hydrogens is 591 g/mol. The number of halogens is 3. The van der Waals surface area contributed by atoms with E-state index in [1.165, 1.54) is 23.3 Å². The summed E-state index contributed by atoms with van der Waals surface area (Å²) in [4.78, 5) is 19.8. The van der Waals surface area contributed by atoms with Gasteiger partial charge in [-0.05, 0) is 80.0 Å². The number of amides is 1. The molecule has 1 spiro atoms. The van der Waals surface area contributed by atoms with Crippen LogP contribution in [-0.4, -0.2) is 73.2 Å². The lowest BCUT2D eigenvalue weighted by atomic mass is 9.50. The second-order valence-corrected chi connectivity index (χ2v) is 13.4. The van der Waals surface area contributed by atoms with Crippen LogP contribution in [0.2, 0.25) is 0 Å². The number of likely N-dealkylation sites (N-methyl/N-ethyl adjacent to an activating group) is 1. The maximum Gasteiger partial charge on any atom is 0.416 e. The quantitative estimate of drug-likeness (QED) is 0.371. The van der Waals surface area contributed by atoms with Gasteiger partial charge in [0.1, 0.15) is 6.10 Å². The van der Waals surface area contributed by atoms with Gasteiger partial charge in [-0.3, -0.25) is 9.69 Å². The number of phenolic OH excluding ortho intramolecular Hbond substituents is 1. The summed E-state index contributed by atoms with van der Waals surface area (Å²) in [5.74, 6) is 5.99. The van der Waals surface area contributed by atoms with E-state index in [2.05, 4.69) is 45.9 Å². The number of alkyl halides is 3. The largest absolute Gasteiger partial charge is 0.504 e. The molecule has 2 aliphatic heterocycles. The van der Waals surface area contributed by atoms with E-state index in [1.807, 2.05) is 26.2 Å². The van der Waals surface area contributed by atoms with Gasteiger partial charge < -0.3 is 19.6 Å². The Morgan fingerprint density at radius 2 is 1.83 bits per heavy atom. The van der Waals surface area contributed by atoms with Gasteiger partial charge in [-0.15, -0.1) is 0 Å². The molecule has 5 atom stereocenters. The van der Waals surface area contributed by atoms with Crippen molar-refractivity contribution in [2.24, 2.45) is 5.92 Å². The van der Waals surface area contributed by atoms with E-state index < -0.39 is 17.6 Å². The second kappa shape index (κ2) is 11.3. The second-order valence-electron chi connectivity index (χ2n) is 13.4. The first kappa shape index (κ1) is 30.5. The van der Waals surface area contributed by atoms with Crippen LogP contribution in [0.15, 0.2) is 60.7 Å². The normalized spacial score (nSPS) is 26.0. The average Bonchev–Trinajstić information content (AvgIpc) is 3.39. The molecule has 6 nitrogen and oxygen atoms in total. The van der Waals surface area contributed by atoms with Crippen molar-refractivity contribution in [2.75, 3.05) is 39.1 Å². The zero-order valence-corrected chi connectivity index (χ0v) is 26.3. The maximum absolute atomic E-state index is 13.5. The predicted octanol–water partition coefficient (Wildman–Crippen LogP) is 5.64. The number of anilines is 1. The summed E-state index contributed by atoms with van der Waals surface area (Å²) in [5, 5.41) is 11.3. The van der Waals surface area contributed by atoms with Crippen molar-refractivity contribution in [3.63, 3.8) is 0 Å². The minimum Gasteiger partial charge on any atom is -0.504 e. The number of hydrogen-bond acceptors (Lipinski definition) is 5. The monoisotopic (exact) mass is 629 g/mol. The molecule has 1 N–H and O–H groups in total. The third-order valence-electron chi connectivity index (χ3n) is 10.9. The predicted molar refractivity (Wildman–Crippen MR) is 170 cm³/mol. The molecule has 1 saturated carbocycles. The number of hydrogen-bond donors (Lipinski definition) is 1. The summed E-state index contributed by atoms with van der Waals surface area (Å²) in [6.07, 6.45) is -0.420. The number of aromatic hydroxyl groups is 1. The van der Waals surface area contributed by atoms with Crippen molar-refractivity contribution in [2.45, 2.75) is 61.9 Å². The zero-order chi connectivity index (χ0) is 32.4. The van der Waals surface area contributed by atoms with Gasteiger partial charge in [0.05, 0.1) is 11.6 Å². The SMILES string of the molecule is CN(C)c1cc(O)c2c3c1C[C@@H]1[C@@H]4CC[C@@H](N(C)C(=O)C#Cc5ccc(C(F)(F)F)cc5)[C@H](O2)[C@]34CCN1CCc1ccccc1. The molecule has 3 aromatic carbocycles. The van der Waals surface area contributed by atoms with E-state index in [4.69, 9.17) is 4.74 Å². The number of phenols is 1. The summed E-state index contributed by atoms with van der Waals surface area (Å²) in [6, 6.07) is 16.9. The fourth-order valence-electron chi connectivity index (χ4n) is 8.76. The molecule has 0 radical (unpaired) electrons. The van der Waals surface area contributed by atoms with E-state index >= 15 is 0 Å². The first-order valence-electron chi connectivity index (χ1n) is 16.0. The van der Waals surface area contributed by atoms with Crippen LogP contribution in [0.25, 0.3) is 0 Å². The lowest BCUT2D eigenvalue weighted by molar-refractivity contribution is -0.137. The van der Waals surface area contributed by atoms with Crippen molar-refractivity contribution < 1.29 is 27.8 Å². The van der Waals surface area contributed by atoms with E-state index in [9.17, 15) is 23.1 Å². The minimum atomic E-state index is -4.43. The lowest BCUT2D eigenvalue weighted by Gasteiger charge is -2.60. The summed E-state index contributed by atoms with van der Waals surface area (Å²) >= 11 is 0. The highest BCUT2D eigenvalue weighted by atomic mass is 19.4. The smallest absolute Gasteiger partial charge is 0.416 e. The fourth-order valence-corrected chi connectivity index (χ4v) is 8.76. The van der Waals surface area contributed by atoms with E-state index in [-0.39, 0.29) is 23.3 Å². The molecule has 2 fully saturated rings. The molecule has 240 valence electrons. The number of carbonyl (C=O) groups excluding carboxylic acids is 1. The molecule has 1 amide bonds. The van der Waals surface area contributed by atoms with Crippen molar-refractivity contribution in [3.8, 4) is 23.3 Å². The number of likely N-dealkylation sites (tertiary alicyclic amines) is 1. The van der Waals surface area contributed by atoms with Gasteiger partial charge in [-0.1, -0.05) is 36.3 Å². The number of rotatable bonds is 5. The highest BCUT2D eigenvalue weighted by molar-refractivity contribution is 5.94. The standard InChI is InChI=1S/C37H38F3N3O3/c1-41(2)29-22-31(44)34-33-26(29)21-30-27-14-15-28(42(3)32(45)16-11-24-9-12-25(13-10-24)37(38,39)40)35(46-34)36(27,33)18-20-43(30)19-17-23-7-5-4-6-8-23/h4-10,12-13,22,27-28,30,35,44H,14-15,17-21H2,1-3H3/t27-,28+,30+,35-,36-/m0/s1. The van der Waals surface area contributed by atoms with Crippen LogP contribution in [0.3, 0.4) is 0 Å². The molecule has 0 unspecified atom stereocenters. The first-order valence-corrected chi connectivity index (χ1v) is 16.0. The van der Waals surface area contributed by atoms with Crippen molar-refractivity contribution >= 4 is 11.6 Å². The van der Waals surface area contributed by atoms with Gasteiger partial charge in [0.2, 0.25) is 0 Å². The van der Waals surface area contributed by atoms with Crippen molar-refractivity contribution in [1.82, 2.24) is 9.80 Å². The summed E-state index contributed by atoms with van der Waals surface area (Å²) in [7, 11) is 5.74. The molecule has 2 heterocycles. The Morgan fingerprint density at radius 3 is 2.52 bits per heavy atom. The number of benzene rings is 3. The number of ether oxygens (including phenoxy) is 1. The van der Waals surface area contributed by atoms with Crippen LogP contribution in [0.5, 0.6) is 11.5 Å². The van der Waals surface area contributed by atoms with Crippen molar-refractivity contribution in [1.29, 1.82) is 0 Å². The fraction of sp³-hybridized carbons (Fsp3) is 0.432. The first-order chi connectivity index (χ1) is 22.0. The Balaban J connectivity index is 1.20. The Kier molecular flexibility index (Phi) is 7.47. The Labute approximate surface area is 267 Å². The minimum absolute atomic E-state index is 0.129. The van der Waals surface area contributed by atoms with Gasteiger partial charge in [0.15, 0.2) is 11.5 Å². The molecule has 2 bridgehead atoms. The zero-order valence-electron chi connectivity index (χ0n) is 26.3.